The van der Waals surface area contributed by atoms with Crippen molar-refractivity contribution in [3.05, 3.63) is 0 Å². The Bertz CT molecular complexity index is 563. The Morgan fingerprint density at radius 2 is 1.87 bits per heavy atom. The number of thioether (sulfide) groups is 1. The maximum absolute atomic E-state index is 12.4. The van der Waals surface area contributed by atoms with Crippen LogP contribution in [0.1, 0.15) is 26.7 Å². The predicted octanol–water partition coefficient (Wildman–Crippen LogP) is 1.56. The highest BCUT2D eigenvalue weighted by Gasteiger charge is 2.64. The molecule has 2 amide bonds. The van der Waals surface area contributed by atoms with Crippen molar-refractivity contribution in [1.82, 2.24) is 10.2 Å². The van der Waals surface area contributed by atoms with Gasteiger partial charge in [-0.3, -0.25) is 9.59 Å². The van der Waals surface area contributed by atoms with Gasteiger partial charge in [-0.05, 0) is 26.7 Å². The fraction of sp³-hybridized carbons (Fsp3) is 0.786. The van der Waals surface area contributed by atoms with Gasteiger partial charge in [0.15, 0.2) is 0 Å². The summed E-state index contributed by atoms with van der Waals surface area (Å²) in [6.45, 7) is 3.64. The van der Waals surface area contributed by atoms with E-state index in [0.29, 0.717) is 0 Å². The highest BCUT2D eigenvalue weighted by atomic mass is 79.9. The molecule has 3 rings (SSSR count). The summed E-state index contributed by atoms with van der Waals surface area (Å²) in [5, 5.41) is 11.9. The summed E-state index contributed by atoms with van der Waals surface area (Å²) in [6, 6.07) is -1.46. The van der Waals surface area contributed by atoms with Crippen LogP contribution in [-0.2, 0) is 14.4 Å². The zero-order valence-electron chi connectivity index (χ0n) is 12.7. The maximum atomic E-state index is 12.4. The number of β-lactam (4-membered cyclic amide) rings is 1. The monoisotopic (exact) mass is 468 g/mol. The number of rotatable bonds is 3. The van der Waals surface area contributed by atoms with E-state index in [1.807, 2.05) is 13.8 Å². The predicted molar refractivity (Wildman–Crippen MR) is 93.8 cm³/mol. The van der Waals surface area contributed by atoms with E-state index in [-0.39, 0.29) is 32.8 Å². The molecule has 2 saturated heterocycles. The smallest absolute Gasteiger partial charge is 0.327 e. The van der Waals surface area contributed by atoms with Crippen LogP contribution in [0.15, 0.2) is 0 Å². The van der Waals surface area contributed by atoms with Gasteiger partial charge in [0.1, 0.15) is 17.5 Å². The van der Waals surface area contributed by atoms with Crippen LogP contribution in [0.4, 0.5) is 0 Å². The van der Waals surface area contributed by atoms with Crippen LogP contribution in [0.3, 0.4) is 0 Å². The lowest BCUT2D eigenvalue weighted by molar-refractivity contribution is -0.161. The van der Waals surface area contributed by atoms with Gasteiger partial charge in [-0.2, -0.15) is 0 Å². The second kappa shape index (κ2) is 5.91. The van der Waals surface area contributed by atoms with E-state index in [1.54, 1.807) is 0 Å². The highest BCUT2D eigenvalue weighted by Crippen LogP contribution is 2.51. The lowest BCUT2D eigenvalue weighted by atomic mass is 9.95. The third kappa shape index (κ3) is 2.82. The number of carboxylic acids is 1. The fourth-order valence-corrected chi connectivity index (χ4v) is 6.53. The number of aliphatic carboxylic acids is 1. The molecule has 2 N–H and O–H groups in total. The molecule has 128 valence electrons. The maximum Gasteiger partial charge on any atom is 0.327 e. The molecule has 1 aliphatic carbocycles. The van der Waals surface area contributed by atoms with E-state index in [4.69, 9.17) is 0 Å². The fourth-order valence-electron chi connectivity index (χ4n) is 3.57. The third-order valence-electron chi connectivity index (χ3n) is 4.76. The van der Waals surface area contributed by atoms with E-state index < -0.39 is 22.8 Å². The molecule has 3 fully saturated rings. The van der Waals surface area contributed by atoms with E-state index in [0.717, 1.165) is 12.8 Å². The van der Waals surface area contributed by atoms with E-state index >= 15 is 0 Å². The van der Waals surface area contributed by atoms with E-state index in [2.05, 4.69) is 37.2 Å². The van der Waals surface area contributed by atoms with Crippen LogP contribution >= 0.6 is 43.6 Å². The van der Waals surface area contributed by atoms with Crippen molar-refractivity contribution in [2.75, 3.05) is 0 Å². The molecule has 5 atom stereocenters. The first-order chi connectivity index (χ1) is 10.6. The van der Waals surface area contributed by atoms with Crippen molar-refractivity contribution >= 4 is 61.4 Å². The number of fused-ring (bicyclic) bond motifs is 1. The van der Waals surface area contributed by atoms with Crippen molar-refractivity contribution in [1.29, 1.82) is 0 Å². The minimum atomic E-state index is -0.997. The molecule has 2 aliphatic heterocycles. The SMILES string of the molecule is CC1(C)S[C@@H]2[C@H](NC(=O)C3CC(Br)C(Br)C3)C(=O)N2[C@H]1C(=O)O. The minimum Gasteiger partial charge on any atom is -0.480 e. The number of amides is 2. The Hall–Kier alpha value is -0.280. The molecule has 23 heavy (non-hydrogen) atoms. The van der Waals surface area contributed by atoms with Gasteiger partial charge in [0.05, 0.1) is 0 Å². The lowest BCUT2D eigenvalue weighted by Gasteiger charge is -2.43. The Labute approximate surface area is 155 Å². The number of hydrogen-bond donors (Lipinski definition) is 2. The van der Waals surface area contributed by atoms with E-state index in [1.165, 1.54) is 16.7 Å². The first-order valence-electron chi connectivity index (χ1n) is 7.45. The van der Waals surface area contributed by atoms with Crippen molar-refractivity contribution in [2.24, 2.45) is 5.92 Å². The topological polar surface area (TPSA) is 86.7 Å². The van der Waals surface area contributed by atoms with Gasteiger partial charge in [0, 0.05) is 20.3 Å². The molecule has 2 heterocycles. The number of nitrogens with one attached hydrogen (secondary N) is 1. The van der Waals surface area contributed by atoms with Crippen LogP contribution in [0.25, 0.3) is 0 Å². The van der Waals surface area contributed by atoms with E-state index in [9.17, 15) is 19.5 Å². The third-order valence-corrected chi connectivity index (χ3v) is 9.06. The van der Waals surface area contributed by atoms with Gasteiger partial charge in [0.25, 0.3) is 0 Å². The minimum absolute atomic E-state index is 0.119. The molecule has 6 nitrogen and oxygen atoms in total. The summed E-state index contributed by atoms with van der Waals surface area (Å²) >= 11 is 8.51. The highest BCUT2D eigenvalue weighted by molar-refractivity contribution is 9.12. The summed E-state index contributed by atoms with van der Waals surface area (Å²) in [5.74, 6) is -1.53. The van der Waals surface area contributed by atoms with Crippen LogP contribution < -0.4 is 5.32 Å². The Morgan fingerprint density at radius 3 is 2.39 bits per heavy atom. The standard InChI is InChI=1S/C14H18Br2N2O4S/c1-14(2)9(13(21)22)18-11(20)8(12(18)23-14)17-10(19)5-3-6(15)7(16)4-5/h5-9,12H,3-4H2,1-2H3,(H,17,19)(H,21,22)/t5?,6?,7?,8-,9+,12-/m1/s1. The molecule has 0 radical (unpaired) electrons. The second-order valence-corrected chi connectivity index (χ2v) is 10.9. The number of carbonyl (C=O) groups is 3. The molecule has 0 bridgehead atoms. The molecule has 0 aromatic heterocycles. The van der Waals surface area contributed by atoms with Gasteiger partial charge in [0.2, 0.25) is 11.8 Å². The lowest BCUT2D eigenvalue weighted by Crippen LogP contribution is -2.71. The number of nitrogens with zero attached hydrogens (tertiary/aromatic N) is 1. The van der Waals surface area contributed by atoms with Crippen molar-refractivity contribution in [2.45, 2.75) is 58.5 Å². The molecular formula is C14H18Br2N2O4S. The number of alkyl halides is 2. The van der Waals surface area contributed by atoms with Crippen LogP contribution in [0.2, 0.25) is 0 Å². The second-order valence-electron chi connectivity index (χ2n) is 6.78. The van der Waals surface area contributed by atoms with Gasteiger partial charge in [-0.1, -0.05) is 31.9 Å². The van der Waals surface area contributed by atoms with Crippen LogP contribution in [0, 0.1) is 5.92 Å². The quantitative estimate of drug-likeness (QED) is 0.483. The van der Waals surface area contributed by atoms with Crippen LogP contribution in [0.5, 0.6) is 0 Å². The van der Waals surface area contributed by atoms with Gasteiger partial charge in [-0.15, -0.1) is 11.8 Å². The summed E-state index contributed by atoms with van der Waals surface area (Å²) in [6.07, 6.45) is 1.46. The zero-order valence-corrected chi connectivity index (χ0v) is 16.7. The largest absolute Gasteiger partial charge is 0.480 e. The van der Waals surface area contributed by atoms with Gasteiger partial charge < -0.3 is 15.3 Å². The number of halogens is 2. The summed E-state index contributed by atoms with van der Waals surface area (Å²) < 4.78 is -0.569. The molecule has 0 spiro atoms. The Balaban J connectivity index is 1.67. The Morgan fingerprint density at radius 1 is 1.30 bits per heavy atom. The zero-order chi connectivity index (χ0) is 17.1. The molecular weight excluding hydrogens is 452 g/mol. The number of carboxylic acid groups (broad SMARTS) is 1. The van der Waals surface area contributed by atoms with Gasteiger partial charge in [-0.25, -0.2) is 4.79 Å². The number of hydrogen-bond acceptors (Lipinski definition) is 4. The average Bonchev–Trinajstić information content (AvgIpc) is 2.91. The normalized spacial score (nSPS) is 41.4. The molecule has 3 aliphatic rings. The summed E-state index contributed by atoms with van der Waals surface area (Å²) in [5.41, 5.74) is 0. The van der Waals surface area contributed by atoms with Crippen molar-refractivity contribution in [3.63, 3.8) is 0 Å². The molecule has 1 saturated carbocycles. The summed E-state index contributed by atoms with van der Waals surface area (Å²) in [4.78, 5) is 38.1. The van der Waals surface area contributed by atoms with Gasteiger partial charge >= 0.3 is 5.97 Å². The van der Waals surface area contributed by atoms with Crippen LogP contribution in [-0.4, -0.2) is 59.6 Å². The first kappa shape index (κ1) is 17.5. The van der Waals surface area contributed by atoms with Crippen molar-refractivity contribution in [3.8, 4) is 0 Å². The summed E-state index contributed by atoms with van der Waals surface area (Å²) in [7, 11) is 0. The molecule has 0 aromatic carbocycles. The molecule has 0 aromatic rings. The Kier molecular flexibility index (Phi) is 4.51. The molecule has 2 unspecified atom stereocenters. The average molecular weight is 470 g/mol. The molecule has 9 heteroatoms. The first-order valence-corrected chi connectivity index (χ1v) is 10.2. The van der Waals surface area contributed by atoms with Crippen molar-refractivity contribution < 1.29 is 19.5 Å². The number of carbonyl (C=O) groups excluding carboxylic acids is 2.